The van der Waals surface area contributed by atoms with Gasteiger partial charge in [-0.1, -0.05) is 0 Å². The molecule has 1 aliphatic heterocycles. The number of amides is 1. The summed E-state index contributed by atoms with van der Waals surface area (Å²) >= 11 is 0. The lowest BCUT2D eigenvalue weighted by Crippen LogP contribution is -2.54. The van der Waals surface area contributed by atoms with Crippen molar-refractivity contribution in [3.63, 3.8) is 0 Å². The second kappa shape index (κ2) is 5.14. The van der Waals surface area contributed by atoms with Gasteiger partial charge in [-0.25, -0.2) is 4.39 Å². The summed E-state index contributed by atoms with van der Waals surface area (Å²) in [7, 11) is 0. The fourth-order valence-corrected chi connectivity index (χ4v) is 2.04. The van der Waals surface area contributed by atoms with Crippen LogP contribution in [-0.2, 0) is 4.79 Å². The molecule has 1 atom stereocenters. The summed E-state index contributed by atoms with van der Waals surface area (Å²) in [5.74, 6) is -0.284. The van der Waals surface area contributed by atoms with Crippen LogP contribution in [0.3, 0.4) is 0 Å². The van der Waals surface area contributed by atoms with Crippen LogP contribution in [0.5, 0.6) is 0 Å². The van der Waals surface area contributed by atoms with Crippen LogP contribution in [-0.4, -0.2) is 31.6 Å². The molecule has 5 heteroatoms. The molecule has 4 nitrogen and oxygen atoms in total. The van der Waals surface area contributed by atoms with Gasteiger partial charge in [-0.2, -0.15) is 0 Å². The molecule has 17 heavy (non-hydrogen) atoms. The first kappa shape index (κ1) is 11.9. The van der Waals surface area contributed by atoms with Crippen molar-refractivity contribution in [2.75, 3.05) is 24.5 Å². The first-order valence-corrected chi connectivity index (χ1v) is 5.69. The van der Waals surface area contributed by atoms with E-state index in [-0.39, 0.29) is 17.8 Å². The highest BCUT2D eigenvalue weighted by atomic mass is 19.1. The van der Waals surface area contributed by atoms with Crippen LogP contribution >= 0.6 is 0 Å². The summed E-state index contributed by atoms with van der Waals surface area (Å²) in [6.07, 6.45) is 0.753. The van der Waals surface area contributed by atoms with Gasteiger partial charge in [0, 0.05) is 18.3 Å². The van der Waals surface area contributed by atoms with Crippen LogP contribution in [0.2, 0.25) is 0 Å². The number of nitrogens with two attached hydrogens (primary N) is 1. The maximum atomic E-state index is 12.8. The van der Waals surface area contributed by atoms with Gasteiger partial charge in [0.1, 0.15) is 5.82 Å². The Morgan fingerprint density at radius 2 is 2.12 bits per heavy atom. The van der Waals surface area contributed by atoms with Gasteiger partial charge in [-0.15, -0.1) is 0 Å². The number of hydrogen-bond donors (Lipinski definition) is 2. The summed E-state index contributed by atoms with van der Waals surface area (Å²) in [5.41, 5.74) is 6.35. The molecule has 0 saturated carbocycles. The molecule has 2 rings (SSSR count). The van der Waals surface area contributed by atoms with E-state index in [0.717, 1.165) is 12.1 Å². The van der Waals surface area contributed by atoms with Gasteiger partial charge in [0.05, 0.1) is 6.54 Å². The molecule has 0 aliphatic carbocycles. The number of nitrogens with one attached hydrogen (secondary N) is 1. The molecule has 1 fully saturated rings. The van der Waals surface area contributed by atoms with Crippen LogP contribution < -0.4 is 16.0 Å². The Balaban J connectivity index is 2.09. The number of carbonyl (C=O) groups excluding carboxylic acids is 1. The number of nitrogens with zero attached hydrogens (tertiary/aromatic N) is 1. The Morgan fingerprint density at radius 3 is 2.76 bits per heavy atom. The fraction of sp³-hybridized carbons (Fsp3) is 0.417. The van der Waals surface area contributed by atoms with E-state index in [1.54, 1.807) is 12.1 Å². The third kappa shape index (κ3) is 2.94. The number of benzene rings is 1. The van der Waals surface area contributed by atoms with Crippen LogP contribution in [0.1, 0.15) is 6.42 Å². The number of rotatable bonds is 3. The highest BCUT2D eigenvalue weighted by molar-refractivity contribution is 5.83. The summed E-state index contributed by atoms with van der Waals surface area (Å²) in [6.45, 7) is 1.57. The lowest BCUT2D eigenvalue weighted by Gasteiger charge is -2.34. The summed E-state index contributed by atoms with van der Waals surface area (Å²) < 4.78 is 12.8. The average Bonchev–Trinajstić information content (AvgIpc) is 2.29. The normalized spacial score (nSPS) is 20.2. The minimum Gasteiger partial charge on any atom is -0.360 e. The Morgan fingerprint density at radius 1 is 1.41 bits per heavy atom. The number of hydrogen-bond acceptors (Lipinski definition) is 3. The van der Waals surface area contributed by atoms with Crippen molar-refractivity contribution in [3.8, 4) is 0 Å². The average molecular weight is 237 g/mol. The zero-order valence-corrected chi connectivity index (χ0v) is 9.53. The van der Waals surface area contributed by atoms with Gasteiger partial charge in [0.25, 0.3) is 0 Å². The maximum absolute atomic E-state index is 12.8. The quantitative estimate of drug-likeness (QED) is 0.804. The van der Waals surface area contributed by atoms with E-state index >= 15 is 0 Å². The number of carbonyl (C=O) groups is 1. The Bertz CT molecular complexity index is 393. The van der Waals surface area contributed by atoms with Crippen molar-refractivity contribution in [1.82, 2.24) is 5.32 Å². The molecule has 1 aromatic rings. The molecule has 0 bridgehead atoms. The Hall–Kier alpha value is -1.62. The lowest BCUT2D eigenvalue weighted by atomic mass is 10.1. The van der Waals surface area contributed by atoms with Crippen molar-refractivity contribution in [3.05, 3.63) is 30.1 Å². The molecule has 1 aromatic carbocycles. The SMILES string of the molecule is NCCC1CN(c2ccc(F)cc2)CC(=O)N1. The van der Waals surface area contributed by atoms with Crippen molar-refractivity contribution >= 4 is 11.6 Å². The zero-order valence-electron chi connectivity index (χ0n) is 9.53. The van der Waals surface area contributed by atoms with Crippen LogP contribution in [0.15, 0.2) is 24.3 Å². The molecule has 1 amide bonds. The van der Waals surface area contributed by atoms with Crippen molar-refractivity contribution in [2.45, 2.75) is 12.5 Å². The fourth-order valence-electron chi connectivity index (χ4n) is 2.04. The summed E-state index contributed by atoms with van der Waals surface area (Å²) in [4.78, 5) is 13.5. The van der Waals surface area contributed by atoms with Crippen molar-refractivity contribution < 1.29 is 9.18 Å². The largest absolute Gasteiger partial charge is 0.360 e. The van der Waals surface area contributed by atoms with Gasteiger partial charge in [-0.05, 0) is 37.2 Å². The van der Waals surface area contributed by atoms with E-state index in [9.17, 15) is 9.18 Å². The standard InChI is InChI=1S/C12H16FN3O/c13-9-1-3-11(4-2-9)16-7-10(5-6-14)15-12(17)8-16/h1-4,10H,5-8,14H2,(H,15,17). The van der Waals surface area contributed by atoms with Crippen molar-refractivity contribution in [1.29, 1.82) is 0 Å². The van der Waals surface area contributed by atoms with Gasteiger partial charge in [0.15, 0.2) is 0 Å². The maximum Gasteiger partial charge on any atom is 0.239 e. The topological polar surface area (TPSA) is 58.4 Å². The van der Waals surface area contributed by atoms with E-state index in [4.69, 9.17) is 5.73 Å². The van der Waals surface area contributed by atoms with E-state index in [2.05, 4.69) is 5.32 Å². The van der Waals surface area contributed by atoms with E-state index in [0.29, 0.717) is 19.6 Å². The minimum atomic E-state index is -0.270. The first-order chi connectivity index (χ1) is 8.19. The molecular formula is C12H16FN3O. The van der Waals surface area contributed by atoms with Crippen molar-refractivity contribution in [2.24, 2.45) is 5.73 Å². The highest BCUT2D eigenvalue weighted by Crippen LogP contribution is 2.17. The third-order valence-corrected chi connectivity index (χ3v) is 2.85. The van der Waals surface area contributed by atoms with Crippen LogP contribution in [0, 0.1) is 5.82 Å². The molecule has 1 heterocycles. The van der Waals surface area contributed by atoms with E-state index in [1.165, 1.54) is 12.1 Å². The second-order valence-electron chi connectivity index (χ2n) is 4.20. The molecule has 92 valence electrons. The molecule has 1 aliphatic rings. The number of piperazine rings is 1. The van der Waals surface area contributed by atoms with Gasteiger partial charge in [-0.3, -0.25) is 4.79 Å². The number of halogens is 1. The predicted molar refractivity (Wildman–Crippen MR) is 64.2 cm³/mol. The Labute approximate surface area is 99.6 Å². The molecular weight excluding hydrogens is 221 g/mol. The minimum absolute atomic E-state index is 0.0148. The van der Waals surface area contributed by atoms with E-state index in [1.807, 2.05) is 4.90 Å². The van der Waals surface area contributed by atoms with Crippen LogP contribution in [0.25, 0.3) is 0 Å². The predicted octanol–water partition coefficient (Wildman–Crippen LogP) is 0.479. The molecule has 1 saturated heterocycles. The molecule has 1 unspecified atom stereocenters. The monoisotopic (exact) mass is 237 g/mol. The number of anilines is 1. The van der Waals surface area contributed by atoms with Gasteiger partial charge >= 0.3 is 0 Å². The molecule has 0 aromatic heterocycles. The smallest absolute Gasteiger partial charge is 0.239 e. The summed E-state index contributed by atoms with van der Waals surface area (Å²) in [5, 5.41) is 2.89. The first-order valence-electron chi connectivity index (χ1n) is 5.69. The van der Waals surface area contributed by atoms with Gasteiger partial charge in [0.2, 0.25) is 5.91 Å². The summed E-state index contributed by atoms with van der Waals surface area (Å²) in [6, 6.07) is 6.26. The zero-order chi connectivity index (χ0) is 12.3. The molecule has 3 N–H and O–H groups in total. The van der Waals surface area contributed by atoms with E-state index < -0.39 is 0 Å². The second-order valence-corrected chi connectivity index (χ2v) is 4.20. The van der Waals surface area contributed by atoms with Crippen LogP contribution in [0.4, 0.5) is 10.1 Å². The molecule has 0 radical (unpaired) electrons. The molecule has 0 spiro atoms. The Kier molecular flexibility index (Phi) is 3.58. The highest BCUT2D eigenvalue weighted by Gasteiger charge is 2.23. The third-order valence-electron chi connectivity index (χ3n) is 2.85. The lowest BCUT2D eigenvalue weighted by molar-refractivity contribution is -0.121. The van der Waals surface area contributed by atoms with Gasteiger partial charge < -0.3 is 16.0 Å².